The van der Waals surface area contributed by atoms with Gasteiger partial charge in [0.1, 0.15) is 5.75 Å². The summed E-state index contributed by atoms with van der Waals surface area (Å²) in [6.07, 6.45) is -0.664. The summed E-state index contributed by atoms with van der Waals surface area (Å²) >= 11 is 0. The van der Waals surface area contributed by atoms with E-state index in [0.29, 0.717) is 5.57 Å². The highest BCUT2D eigenvalue weighted by molar-refractivity contribution is 6.25. The highest BCUT2D eigenvalue weighted by atomic mass is 16.5. The average Bonchev–Trinajstić information content (AvgIpc) is 2.83. The summed E-state index contributed by atoms with van der Waals surface area (Å²) < 4.78 is 10.7. The van der Waals surface area contributed by atoms with Crippen LogP contribution in [-0.4, -0.2) is 12.9 Å². The molecule has 21 heavy (non-hydrogen) atoms. The largest absolute Gasteiger partial charge is 0.497 e. The third kappa shape index (κ3) is 2.36. The lowest BCUT2D eigenvalue weighted by atomic mass is 9.97. The number of ether oxygens (including phenoxy) is 2. The lowest BCUT2D eigenvalue weighted by Gasteiger charge is -2.09. The van der Waals surface area contributed by atoms with Crippen molar-refractivity contribution < 1.29 is 14.3 Å². The molecular weight excluding hydrogens is 266 g/mol. The van der Waals surface area contributed by atoms with E-state index in [2.05, 4.69) is 0 Å². The molecule has 1 unspecified atom stereocenters. The molecule has 0 saturated carbocycles. The molecule has 4 heteroatoms. The molecule has 0 saturated heterocycles. The molecule has 0 amide bonds. The normalized spacial score (nSPS) is 17.8. The topological polar surface area (TPSA) is 61.6 Å². The molecule has 1 aliphatic heterocycles. The van der Waals surface area contributed by atoms with Crippen LogP contribution in [0.25, 0.3) is 5.57 Å². The van der Waals surface area contributed by atoms with E-state index in [9.17, 15) is 4.79 Å². The zero-order chi connectivity index (χ0) is 14.8. The third-order valence-electron chi connectivity index (χ3n) is 3.46. The lowest BCUT2D eigenvalue weighted by Crippen LogP contribution is -2.09. The Hall–Kier alpha value is -2.75. The quantitative estimate of drug-likeness (QED) is 0.939. The van der Waals surface area contributed by atoms with Gasteiger partial charge in [0.15, 0.2) is 12.0 Å². The van der Waals surface area contributed by atoms with E-state index in [1.165, 1.54) is 0 Å². The SMILES string of the molecule is COc1ccc(C2=C(N)OC(c3ccccc3)C2=O)cc1. The van der Waals surface area contributed by atoms with Crippen LogP contribution in [0.15, 0.2) is 60.5 Å². The van der Waals surface area contributed by atoms with Crippen LogP contribution < -0.4 is 10.5 Å². The van der Waals surface area contributed by atoms with Gasteiger partial charge in [-0.2, -0.15) is 0 Å². The van der Waals surface area contributed by atoms with Gasteiger partial charge in [0.25, 0.3) is 0 Å². The van der Waals surface area contributed by atoms with Crippen LogP contribution in [0.4, 0.5) is 0 Å². The van der Waals surface area contributed by atoms with Gasteiger partial charge in [-0.1, -0.05) is 42.5 Å². The second-order valence-electron chi connectivity index (χ2n) is 4.74. The molecule has 0 bridgehead atoms. The second kappa shape index (κ2) is 5.32. The van der Waals surface area contributed by atoms with Crippen molar-refractivity contribution in [3.63, 3.8) is 0 Å². The number of Topliss-reactive ketones (excluding diaryl/α,β-unsaturated/α-hetero) is 1. The number of hydrogen-bond donors (Lipinski definition) is 1. The average molecular weight is 281 g/mol. The van der Waals surface area contributed by atoms with Gasteiger partial charge in [0, 0.05) is 5.56 Å². The van der Waals surface area contributed by atoms with Gasteiger partial charge in [-0.25, -0.2) is 0 Å². The summed E-state index contributed by atoms with van der Waals surface area (Å²) in [5.74, 6) is 0.770. The minimum atomic E-state index is -0.664. The summed E-state index contributed by atoms with van der Waals surface area (Å²) in [4.78, 5) is 12.6. The number of ketones is 1. The fourth-order valence-electron chi connectivity index (χ4n) is 2.38. The Labute approximate surface area is 122 Å². The van der Waals surface area contributed by atoms with E-state index in [0.717, 1.165) is 16.9 Å². The summed E-state index contributed by atoms with van der Waals surface area (Å²) in [6, 6.07) is 16.5. The summed E-state index contributed by atoms with van der Waals surface area (Å²) in [5.41, 5.74) is 7.86. The van der Waals surface area contributed by atoms with Crippen molar-refractivity contribution in [3.05, 3.63) is 71.6 Å². The Bertz CT molecular complexity index is 690. The number of nitrogens with two attached hydrogens (primary N) is 1. The van der Waals surface area contributed by atoms with E-state index in [4.69, 9.17) is 15.2 Å². The molecule has 4 nitrogen and oxygen atoms in total. The standard InChI is InChI=1S/C17H15NO3/c1-20-13-9-7-11(8-10-13)14-15(19)16(21-17(14)18)12-5-3-2-4-6-12/h2-10,16H,18H2,1H3. The minimum Gasteiger partial charge on any atom is -0.497 e. The van der Waals surface area contributed by atoms with Crippen LogP contribution in [0.1, 0.15) is 17.2 Å². The van der Waals surface area contributed by atoms with Crippen molar-refractivity contribution >= 4 is 11.4 Å². The maximum atomic E-state index is 12.6. The smallest absolute Gasteiger partial charge is 0.213 e. The first-order chi connectivity index (χ1) is 10.2. The number of carbonyl (C=O) groups is 1. The van der Waals surface area contributed by atoms with Crippen molar-refractivity contribution in [2.24, 2.45) is 5.73 Å². The van der Waals surface area contributed by atoms with Crippen LogP contribution in [0.2, 0.25) is 0 Å². The molecule has 1 heterocycles. The number of methoxy groups -OCH3 is 1. The van der Waals surface area contributed by atoms with Crippen molar-refractivity contribution in [2.45, 2.75) is 6.10 Å². The van der Waals surface area contributed by atoms with E-state index in [1.54, 1.807) is 31.4 Å². The van der Waals surface area contributed by atoms with Crippen LogP contribution >= 0.6 is 0 Å². The zero-order valence-corrected chi connectivity index (χ0v) is 11.6. The lowest BCUT2D eigenvalue weighted by molar-refractivity contribution is -0.120. The Morgan fingerprint density at radius 1 is 1.05 bits per heavy atom. The molecule has 1 aliphatic rings. The fraction of sp³-hybridized carbons (Fsp3) is 0.118. The van der Waals surface area contributed by atoms with E-state index >= 15 is 0 Å². The Kier molecular flexibility index (Phi) is 3.36. The highest BCUT2D eigenvalue weighted by Crippen LogP contribution is 2.36. The van der Waals surface area contributed by atoms with Crippen LogP contribution in [-0.2, 0) is 9.53 Å². The van der Waals surface area contributed by atoms with Gasteiger partial charge in [0.05, 0.1) is 12.7 Å². The molecule has 0 fully saturated rings. The predicted molar refractivity (Wildman–Crippen MR) is 79.4 cm³/mol. The van der Waals surface area contributed by atoms with Crippen molar-refractivity contribution in [2.75, 3.05) is 7.11 Å². The first-order valence-electron chi connectivity index (χ1n) is 6.60. The Morgan fingerprint density at radius 2 is 1.71 bits per heavy atom. The van der Waals surface area contributed by atoms with Gasteiger partial charge in [0.2, 0.25) is 5.78 Å². The van der Waals surface area contributed by atoms with Crippen molar-refractivity contribution in [1.29, 1.82) is 0 Å². The number of carbonyl (C=O) groups excluding carboxylic acids is 1. The number of rotatable bonds is 3. The van der Waals surface area contributed by atoms with Crippen LogP contribution in [0.5, 0.6) is 5.75 Å². The monoisotopic (exact) mass is 281 g/mol. The predicted octanol–water partition coefficient (Wildman–Crippen LogP) is 2.66. The molecule has 0 aromatic heterocycles. The van der Waals surface area contributed by atoms with Gasteiger partial charge in [-0.05, 0) is 17.7 Å². The molecule has 0 radical (unpaired) electrons. The fourth-order valence-corrected chi connectivity index (χ4v) is 2.38. The molecule has 2 N–H and O–H groups in total. The molecule has 1 atom stereocenters. The Balaban J connectivity index is 1.92. The second-order valence-corrected chi connectivity index (χ2v) is 4.74. The maximum Gasteiger partial charge on any atom is 0.213 e. The van der Waals surface area contributed by atoms with Crippen molar-refractivity contribution in [1.82, 2.24) is 0 Å². The summed E-state index contributed by atoms with van der Waals surface area (Å²) in [7, 11) is 1.60. The van der Waals surface area contributed by atoms with Gasteiger partial charge in [-0.15, -0.1) is 0 Å². The van der Waals surface area contributed by atoms with E-state index < -0.39 is 6.10 Å². The van der Waals surface area contributed by atoms with Gasteiger partial charge >= 0.3 is 0 Å². The summed E-state index contributed by atoms with van der Waals surface area (Å²) in [6.45, 7) is 0. The first kappa shape index (κ1) is 13.2. The zero-order valence-electron chi connectivity index (χ0n) is 11.6. The number of benzene rings is 2. The van der Waals surface area contributed by atoms with Crippen molar-refractivity contribution in [3.8, 4) is 5.75 Å². The summed E-state index contributed by atoms with van der Waals surface area (Å²) in [5, 5.41) is 0. The third-order valence-corrected chi connectivity index (χ3v) is 3.46. The molecule has 106 valence electrons. The molecule has 0 aliphatic carbocycles. The Morgan fingerprint density at radius 3 is 2.33 bits per heavy atom. The molecule has 3 rings (SSSR count). The maximum absolute atomic E-state index is 12.6. The van der Waals surface area contributed by atoms with Gasteiger partial charge < -0.3 is 15.2 Å². The highest BCUT2D eigenvalue weighted by Gasteiger charge is 2.35. The molecule has 2 aromatic rings. The molecule has 2 aromatic carbocycles. The van der Waals surface area contributed by atoms with E-state index in [1.807, 2.05) is 30.3 Å². The molecule has 0 spiro atoms. The van der Waals surface area contributed by atoms with Crippen LogP contribution in [0, 0.1) is 0 Å². The molecular formula is C17H15NO3. The van der Waals surface area contributed by atoms with Crippen LogP contribution in [0.3, 0.4) is 0 Å². The number of hydrogen-bond acceptors (Lipinski definition) is 4. The minimum absolute atomic E-state index is 0.121. The van der Waals surface area contributed by atoms with E-state index in [-0.39, 0.29) is 11.7 Å². The van der Waals surface area contributed by atoms with Gasteiger partial charge in [-0.3, -0.25) is 4.79 Å². The first-order valence-corrected chi connectivity index (χ1v) is 6.60.